The van der Waals surface area contributed by atoms with Crippen LogP contribution in [-0.2, 0) is 19.9 Å². The Kier molecular flexibility index (Phi) is 6.57. The molecule has 7 nitrogen and oxygen atoms in total. The second-order valence-electron chi connectivity index (χ2n) is 4.45. The Hall–Kier alpha value is -0.710. The summed E-state index contributed by atoms with van der Waals surface area (Å²) in [6.45, 7) is 2.35. The number of hydrogen-bond donors (Lipinski definition) is 2. The smallest absolute Gasteiger partial charge is 0.244 e. The topological polar surface area (TPSA) is 105 Å². The van der Waals surface area contributed by atoms with Crippen LogP contribution in [0.5, 0.6) is 0 Å². The first-order valence-electron chi connectivity index (χ1n) is 6.22. The van der Waals surface area contributed by atoms with Crippen molar-refractivity contribution in [2.75, 3.05) is 30.4 Å². The van der Waals surface area contributed by atoms with E-state index >= 15 is 0 Å². The number of rotatable bonds is 8. The number of nitrogens with one attached hydrogen (secondary N) is 2. The molecule has 10 heteroatoms. The molecular formula is C11H18BrN3O4S2. The number of nitrogens with zero attached hydrogens (tertiary/aromatic N) is 1. The number of aromatic nitrogens is 1. The first-order valence-corrected chi connectivity index (χ1v) is 10.6. The Morgan fingerprint density at radius 3 is 2.48 bits per heavy atom. The summed E-state index contributed by atoms with van der Waals surface area (Å²) >= 11 is 3.18. The molecule has 1 heterocycles. The van der Waals surface area contributed by atoms with E-state index in [9.17, 15) is 16.8 Å². The Balaban J connectivity index is 2.98. The molecule has 0 aliphatic rings. The summed E-state index contributed by atoms with van der Waals surface area (Å²) < 4.78 is 49.4. The predicted molar refractivity (Wildman–Crippen MR) is 85.6 cm³/mol. The van der Waals surface area contributed by atoms with E-state index in [-0.39, 0.29) is 23.0 Å². The van der Waals surface area contributed by atoms with Gasteiger partial charge in [-0.1, -0.05) is 6.92 Å². The molecule has 0 radical (unpaired) electrons. The number of sulfone groups is 1. The van der Waals surface area contributed by atoms with Crippen LogP contribution in [0.3, 0.4) is 0 Å². The average Bonchev–Trinajstić information content (AvgIpc) is 2.35. The van der Waals surface area contributed by atoms with Crippen LogP contribution in [-0.4, -0.2) is 46.9 Å². The Labute approximate surface area is 133 Å². The fourth-order valence-corrected chi connectivity index (χ4v) is 3.71. The molecule has 120 valence electrons. The Bertz CT molecular complexity index is 689. The fraction of sp³-hybridized carbons (Fsp3) is 0.545. The zero-order valence-electron chi connectivity index (χ0n) is 11.8. The third-order valence-corrected chi connectivity index (χ3v) is 5.27. The highest BCUT2D eigenvalue weighted by molar-refractivity contribution is 9.10. The highest BCUT2D eigenvalue weighted by Crippen LogP contribution is 2.22. The number of anilines is 1. The Morgan fingerprint density at radius 1 is 1.24 bits per heavy atom. The summed E-state index contributed by atoms with van der Waals surface area (Å²) in [7, 11) is -7.06. The fourth-order valence-electron chi connectivity index (χ4n) is 1.44. The van der Waals surface area contributed by atoms with E-state index in [1.807, 2.05) is 6.92 Å². The molecule has 1 rings (SSSR count). The van der Waals surface area contributed by atoms with Gasteiger partial charge in [0.2, 0.25) is 10.0 Å². The van der Waals surface area contributed by atoms with E-state index in [1.54, 1.807) is 0 Å². The largest absolute Gasteiger partial charge is 0.369 e. The van der Waals surface area contributed by atoms with Gasteiger partial charge in [0.05, 0.1) is 5.75 Å². The molecule has 1 aromatic rings. The van der Waals surface area contributed by atoms with Crippen molar-refractivity contribution < 1.29 is 16.8 Å². The van der Waals surface area contributed by atoms with Crippen LogP contribution in [0.2, 0.25) is 0 Å². The van der Waals surface area contributed by atoms with Crippen molar-refractivity contribution in [3.05, 3.63) is 16.7 Å². The monoisotopic (exact) mass is 399 g/mol. The van der Waals surface area contributed by atoms with Gasteiger partial charge < -0.3 is 5.32 Å². The van der Waals surface area contributed by atoms with Gasteiger partial charge in [-0.2, -0.15) is 0 Å². The van der Waals surface area contributed by atoms with Gasteiger partial charge >= 0.3 is 0 Å². The zero-order chi connectivity index (χ0) is 16.1. The maximum Gasteiger partial charge on any atom is 0.244 e. The lowest BCUT2D eigenvalue weighted by molar-refractivity contribution is 0.582. The summed E-state index contributed by atoms with van der Waals surface area (Å²) in [4.78, 5) is 4.03. The molecule has 0 aliphatic heterocycles. The van der Waals surface area contributed by atoms with Gasteiger partial charge in [0, 0.05) is 30.0 Å². The summed E-state index contributed by atoms with van der Waals surface area (Å²) in [6, 6.07) is 1.42. The minimum atomic E-state index is -3.84. The van der Waals surface area contributed by atoms with Crippen LogP contribution < -0.4 is 10.0 Å². The molecule has 1 aromatic heterocycles. The number of hydrogen-bond acceptors (Lipinski definition) is 6. The minimum absolute atomic E-state index is 0.0150. The maximum atomic E-state index is 12.2. The first kappa shape index (κ1) is 18.3. The molecule has 2 N–H and O–H groups in total. The van der Waals surface area contributed by atoms with Crippen molar-refractivity contribution >= 4 is 41.6 Å². The molecular weight excluding hydrogens is 382 g/mol. The van der Waals surface area contributed by atoms with Crippen molar-refractivity contribution in [2.24, 2.45) is 0 Å². The Morgan fingerprint density at radius 2 is 1.90 bits per heavy atom. The molecule has 0 aromatic carbocycles. The molecule has 0 spiro atoms. The molecule has 0 bridgehead atoms. The van der Waals surface area contributed by atoms with E-state index in [0.29, 0.717) is 11.0 Å². The lowest BCUT2D eigenvalue weighted by Crippen LogP contribution is -2.29. The van der Waals surface area contributed by atoms with Crippen LogP contribution in [0, 0.1) is 0 Å². The van der Waals surface area contributed by atoms with Crippen molar-refractivity contribution in [2.45, 2.75) is 18.2 Å². The third kappa shape index (κ3) is 6.29. The summed E-state index contributed by atoms with van der Waals surface area (Å²) in [6.07, 6.45) is 3.36. The highest BCUT2D eigenvalue weighted by atomic mass is 79.9. The second kappa shape index (κ2) is 7.52. The normalized spacial score (nSPS) is 12.3. The van der Waals surface area contributed by atoms with Crippen LogP contribution >= 0.6 is 15.9 Å². The molecule has 0 aliphatic carbocycles. The molecule has 0 saturated carbocycles. The highest BCUT2D eigenvalue weighted by Gasteiger charge is 2.20. The average molecular weight is 400 g/mol. The van der Waals surface area contributed by atoms with Crippen molar-refractivity contribution in [1.82, 2.24) is 9.71 Å². The van der Waals surface area contributed by atoms with Crippen molar-refractivity contribution in [1.29, 1.82) is 0 Å². The SMILES string of the molecule is CCCNc1ncc(Br)cc1S(=O)(=O)NCCS(C)(=O)=O. The van der Waals surface area contributed by atoms with Crippen LogP contribution in [0.1, 0.15) is 13.3 Å². The van der Waals surface area contributed by atoms with E-state index in [2.05, 4.69) is 31.0 Å². The van der Waals surface area contributed by atoms with Crippen LogP contribution in [0.4, 0.5) is 5.82 Å². The summed E-state index contributed by atoms with van der Waals surface area (Å²) in [5, 5.41) is 2.93. The number of pyridine rings is 1. The molecule has 0 amide bonds. The summed E-state index contributed by atoms with van der Waals surface area (Å²) in [5.74, 6) is -0.0160. The van der Waals surface area contributed by atoms with Crippen LogP contribution in [0.15, 0.2) is 21.6 Å². The minimum Gasteiger partial charge on any atom is -0.369 e. The van der Waals surface area contributed by atoms with Gasteiger partial charge in [-0.25, -0.2) is 26.5 Å². The van der Waals surface area contributed by atoms with Crippen molar-refractivity contribution in [3.8, 4) is 0 Å². The van der Waals surface area contributed by atoms with Gasteiger partial charge in [0.1, 0.15) is 20.6 Å². The number of halogens is 1. The van der Waals surface area contributed by atoms with Gasteiger partial charge in [-0.05, 0) is 28.4 Å². The standard InChI is InChI=1S/C11H18BrN3O4S2/c1-3-4-13-11-10(7-9(12)8-14-11)21(18,19)15-5-6-20(2,16)17/h7-8,15H,3-6H2,1-2H3,(H,13,14). The van der Waals surface area contributed by atoms with Crippen LogP contribution in [0.25, 0.3) is 0 Å². The number of sulfonamides is 1. The third-order valence-electron chi connectivity index (χ3n) is 2.42. The molecule has 21 heavy (non-hydrogen) atoms. The quantitative estimate of drug-likeness (QED) is 0.674. The van der Waals surface area contributed by atoms with E-state index in [4.69, 9.17) is 0 Å². The molecule has 0 atom stereocenters. The molecule has 0 saturated heterocycles. The predicted octanol–water partition coefficient (Wildman–Crippen LogP) is 0.989. The molecule has 0 fully saturated rings. The lowest BCUT2D eigenvalue weighted by Gasteiger charge is -2.12. The van der Waals surface area contributed by atoms with E-state index < -0.39 is 19.9 Å². The lowest BCUT2D eigenvalue weighted by atomic mass is 10.4. The van der Waals surface area contributed by atoms with Gasteiger partial charge in [0.25, 0.3) is 0 Å². The summed E-state index contributed by atoms with van der Waals surface area (Å²) in [5.41, 5.74) is 0. The first-order chi connectivity index (χ1) is 9.65. The maximum absolute atomic E-state index is 12.2. The second-order valence-corrected chi connectivity index (χ2v) is 9.37. The van der Waals surface area contributed by atoms with Gasteiger partial charge in [-0.15, -0.1) is 0 Å². The molecule has 0 unspecified atom stereocenters. The van der Waals surface area contributed by atoms with E-state index in [1.165, 1.54) is 12.3 Å². The van der Waals surface area contributed by atoms with E-state index in [0.717, 1.165) is 12.7 Å². The van der Waals surface area contributed by atoms with Crippen molar-refractivity contribution in [3.63, 3.8) is 0 Å². The van der Waals surface area contributed by atoms with Gasteiger partial charge in [-0.3, -0.25) is 0 Å². The zero-order valence-corrected chi connectivity index (χ0v) is 15.0. The van der Waals surface area contributed by atoms with Gasteiger partial charge in [0.15, 0.2) is 0 Å².